The molecule has 4 heteroatoms. The average Bonchev–Trinajstić information content (AvgIpc) is 2.81. The lowest BCUT2D eigenvalue weighted by Crippen LogP contribution is -2.03. The number of pyridine rings is 1. The van der Waals surface area contributed by atoms with Gasteiger partial charge in [-0.05, 0) is 18.1 Å². The molecule has 3 rings (SSSR count). The fourth-order valence-corrected chi connectivity index (χ4v) is 1.86. The van der Waals surface area contributed by atoms with Gasteiger partial charge in [-0.25, -0.2) is 4.68 Å². The largest absolute Gasteiger partial charge is 0.262 e. The Labute approximate surface area is 98.9 Å². The second-order valence-electron chi connectivity index (χ2n) is 3.91. The molecule has 0 aliphatic carbocycles. The first-order valence-corrected chi connectivity index (χ1v) is 5.60. The van der Waals surface area contributed by atoms with Crippen molar-refractivity contribution in [1.29, 1.82) is 0 Å². The molecule has 0 atom stereocenters. The van der Waals surface area contributed by atoms with Crippen LogP contribution < -0.4 is 0 Å². The lowest BCUT2D eigenvalue weighted by molar-refractivity contribution is 0.606. The highest BCUT2D eigenvalue weighted by atomic mass is 15.4. The summed E-state index contributed by atoms with van der Waals surface area (Å²) in [6.45, 7) is 0.826. The Balaban J connectivity index is 1.82. The molecule has 4 nitrogen and oxygen atoms in total. The van der Waals surface area contributed by atoms with Gasteiger partial charge in [-0.3, -0.25) is 4.98 Å². The third-order valence-electron chi connectivity index (χ3n) is 2.77. The molecule has 0 aliphatic heterocycles. The third-order valence-corrected chi connectivity index (χ3v) is 2.77. The number of aromatic nitrogens is 4. The van der Waals surface area contributed by atoms with Gasteiger partial charge in [-0.2, -0.15) is 0 Å². The molecule has 0 saturated heterocycles. The van der Waals surface area contributed by atoms with Crippen LogP contribution in [-0.4, -0.2) is 20.0 Å². The maximum absolute atomic E-state index is 4.14. The summed E-state index contributed by atoms with van der Waals surface area (Å²) in [7, 11) is 0. The normalized spacial score (nSPS) is 10.8. The Kier molecular flexibility index (Phi) is 2.54. The van der Waals surface area contributed by atoms with Gasteiger partial charge < -0.3 is 0 Å². The first kappa shape index (κ1) is 9.96. The van der Waals surface area contributed by atoms with Crippen molar-refractivity contribution in [1.82, 2.24) is 20.0 Å². The van der Waals surface area contributed by atoms with Crippen molar-refractivity contribution in [2.24, 2.45) is 0 Å². The van der Waals surface area contributed by atoms with Crippen LogP contribution in [0, 0.1) is 0 Å². The van der Waals surface area contributed by atoms with E-state index in [1.807, 2.05) is 16.8 Å². The molecule has 0 unspecified atom stereocenters. The monoisotopic (exact) mass is 224 g/mol. The van der Waals surface area contributed by atoms with Crippen molar-refractivity contribution in [2.75, 3.05) is 0 Å². The minimum atomic E-state index is 0.826. The van der Waals surface area contributed by atoms with E-state index in [-0.39, 0.29) is 0 Å². The summed E-state index contributed by atoms with van der Waals surface area (Å²) in [6, 6.07) is 12.3. The quantitative estimate of drug-likeness (QED) is 0.684. The van der Waals surface area contributed by atoms with Gasteiger partial charge in [0.2, 0.25) is 0 Å². The SMILES string of the molecule is c1ccc(CCn2nnc3ccncc32)cc1. The van der Waals surface area contributed by atoms with E-state index in [9.17, 15) is 0 Å². The summed E-state index contributed by atoms with van der Waals surface area (Å²) in [5, 5.41) is 8.24. The summed E-state index contributed by atoms with van der Waals surface area (Å²) in [5.74, 6) is 0. The van der Waals surface area contributed by atoms with Gasteiger partial charge in [-0.15, -0.1) is 5.10 Å². The molecule has 0 bridgehead atoms. The molecule has 0 spiro atoms. The van der Waals surface area contributed by atoms with Gasteiger partial charge in [-0.1, -0.05) is 35.5 Å². The van der Waals surface area contributed by atoms with E-state index < -0.39 is 0 Å². The number of hydrogen-bond acceptors (Lipinski definition) is 3. The van der Waals surface area contributed by atoms with Crippen LogP contribution >= 0.6 is 0 Å². The minimum Gasteiger partial charge on any atom is -0.262 e. The summed E-state index contributed by atoms with van der Waals surface area (Å²) < 4.78 is 1.90. The number of aryl methyl sites for hydroxylation is 2. The number of fused-ring (bicyclic) bond motifs is 1. The van der Waals surface area contributed by atoms with Gasteiger partial charge in [0.1, 0.15) is 11.0 Å². The Morgan fingerprint density at radius 3 is 2.82 bits per heavy atom. The van der Waals surface area contributed by atoms with Crippen molar-refractivity contribution in [3.8, 4) is 0 Å². The lowest BCUT2D eigenvalue weighted by atomic mass is 10.1. The van der Waals surface area contributed by atoms with Gasteiger partial charge in [0.05, 0.1) is 6.20 Å². The van der Waals surface area contributed by atoms with E-state index in [2.05, 4.69) is 39.6 Å². The van der Waals surface area contributed by atoms with Crippen LogP contribution in [-0.2, 0) is 13.0 Å². The van der Waals surface area contributed by atoms with E-state index in [0.717, 1.165) is 24.0 Å². The molecule has 84 valence electrons. The van der Waals surface area contributed by atoms with Gasteiger partial charge in [0, 0.05) is 12.7 Å². The number of hydrogen-bond donors (Lipinski definition) is 0. The highest BCUT2D eigenvalue weighted by molar-refractivity contribution is 5.72. The third kappa shape index (κ3) is 2.01. The van der Waals surface area contributed by atoms with Gasteiger partial charge in [0.25, 0.3) is 0 Å². The fourth-order valence-electron chi connectivity index (χ4n) is 1.86. The molecule has 0 amide bonds. The summed E-state index contributed by atoms with van der Waals surface area (Å²) in [6.07, 6.45) is 4.49. The smallest absolute Gasteiger partial charge is 0.116 e. The van der Waals surface area contributed by atoms with Crippen LogP contribution in [0.5, 0.6) is 0 Å². The Morgan fingerprint density at radius 2 is 1.94 bits per heavy atom. The summed E-state index contributed by atoms with van der Waals surface area (Å²) in [5.41, 5.74) is 3.19. The molecule has 2 aromatic heterocycles. The molecule has 0 saturated carbocycles. The maximum Gasteiger partial charge on any atom is 0.116 e. The second-order valence-corrected chi connectivity index (χ2v) is 3.91. The van der Waals surface area contributed by atoms with Crippen LogP contribution in [0.4, 0.5) is 0 Å². The number of benzene rings is 1. The van der Waals surface area contributed by atoms with Gasteiger partial charge >= 0.3 is 0 Å². The lowest BCUT2D eigenvalue weighted by Gasteiger charge is -2.02. The zero-order valence-corrected chi connectivity index (χ0v) is 9.32. The predicted molar refractivity (Wildman–Crippen MR) is 65.5 cm³/mol. The van der Waals surface area contributed by atoms with Crippen molar-refractivity contribution in [3.63, 3.8) is 0 Å². The zero-order valence-electron chi connectivity index (χ0n) is 9.32. The van der Waals surface area contributed by atoms with E-state index in [0.29, 0.717) is 0 Å². The standard InChI is InChI=1S/C13H12N4/c1-2-4-11(5-3-1)7-9-17-13-10-14-8-6-12(13)15-16-17/h1-6,8,10H,7,9H2. The molecule has 3 aromatic rings. The molecular formula is C13H12N4. The molecule has 0 aliphatic rings. The Bertz CT molecular complexity index is 615. The summed E-state index contributed by atoms with van der Waals surface area (Å²) in [4.78, 5) is 4.10. The van der Waals surface area contributed by atoms with E-state index in [1.54, 1.807) is 12.4 Å². The first-order chi connectivity index (χ1) is 8.43. The fraction of sp³-hybridized carbons (Fsp3) is 0.154. The topological polar surface area (TPSA) is 43.6 Å². The molecule has 2 heterocycles. The molecular weight excluding hydrogens is 212 g/mol. The van der Waals surface area contributed by atoms with Crippen LogP contribution in [0.3, 0.4) is 0 Å². The second kappa shape index (κ2) is 4.33. The van der Waals surface area contributed by atoms with Crippen molar-refractivity contribution >= 4 is 11.0 Å². The maximum atomic E-state index is 4.14. The van der Waals surface area contributed by atoms with E-state index >= 15 is 0 Å². The van der Waals surface area contributed by atoms with Gasteiger partial charge in [0.15, 0.2) is 0 Å². The van der Waals surface area contributed by atoms with E-state index in [4.69, 9.17) is 0 Å². The van der Waals surface area contributed by atoms with Crippen molar-refractivity contribution < 1.29 is 0 Å². The minimum absolute atomic E-state index is 0.826. The van der Waals surface area contributed by atoms with Crippen molar-refractivity contribution in [3.05, 3.63) is 54.4 Å². The van der Waals surface area contributed by atoms with Crippen molar-refractivity contribution in [2.45, 2.75) is 13.0 Å². The first-order valence-electron chi connectivity index (χ1n) is 5.60. The average molecular weight is 224 g/mol. The highest BCUT2D eigenvalue weighted by Gasteiger charge is 2.03. The number of rotatable bonds is 3. The number of nitrogens with zero attached hydrogens (tertiary/aromatic N) is 4. The predicted octanol–water partition coefficient (Wildman–Crippen LogP) is 2.07. The van der Waals surface area contributed by atoms with E-state index in [1.165, 1.54) is 5.56 Å². The van der Waals surface area contributed by atoms with Crippen LogP contribution in [0.25, 0.3) is 11.0 Å². The summed E-state index contributed by atoms with van der Waals surface area (Å²) >= 11 is 0. The Hall–Kier alpha value is -2.23. The van der Waals surface area contributed by atoms with Crippen LogP contribution in [0.2, 0.25) is 0 Å². The van der Waals surface area contributed by atoms with Crippen LogP contribution in [0.15, 0.2) is 48.8 Å². The molecule has 0 N–H and O–H groups in total. The highest BCUT2D eigenvalue weighted by Crippen LogP contribution is 2.09. The molecule has 17 heavy (non-hydrogen) atoms. The molecule has 0 radical (unpaired) electrons. The molecule has 0 fully saturated rings. The van der Waals surface area contributed by atoms with Crippen LogP contribution in [0.1, 0.15) is 5.56 Å². The Morgan fingerprint density at radius 1 is 1.06 bits per heavy atom. The zero-order chi connectivity index (χ0) is 11.5. The molecule has 1 aromatic carbocycles.